The molecule has 0 saturated carbocycles. The maximum atomic E-state index is 14.2. The van der Waals surface area contributed by atoms with Crippen LogP contribution in [-0.2, 0) is 12.2 Å². The molecule has 0 saturated heterocycles. The zero-order valence-corrected chi connectivity index (χ0v) is 19.4. The zero-order chi connectivity index (χ0) is 23.8. The van der Waals surface area contributed by atoms with Gasteiger partial charge in [0.05, 0.1) is 5.52 Å². The monoisotopic (exact) mass is 482 g/mol. The Labute approximate surface area is 204 Å². The lowest BCUT2D eigenvalue weighted by Crippen LogP contribution is -2.04. The van der Waals surface area contributed by atoms with Gasteiger partial charge in [0.2, 0.25) is 0 Å². The van der Waals surface area contributed by atoms with Crippen molar-refractivity contribution in [1.82, 2.24) is 19.7 Å². The molecule has 6 aromatic rings. The lowest BCUT2D eigenvalue weighted by Gasteiger charge is -2.11. The van der Waals surface area contributed by atoms with Crippen molar-refractivity contribution < 1.29 is 8.78 Å². The molecule has 0 spiro atoms. The number of H-pyrrole nitrogens is 1. The number of thioether (sulfide) groups is 1. The molecule has 172 valence electrons. The topological polar surface area (TPSA) is 46.5 Å². The Kier molecular flexibility index (Phi) is 5.54. The van der Waals surface area contributed by atoms with E-state index >= 15 is 0 Å². The van der Waals surface area contributed by atoms with Gasteiger partial charge in [-0.05, 0) is 35.9 Å². The van der Waals surface area contributed by atoms with E-state index in [1.807, 2.05) is 47.0 Å². The summed E-state index contributed by atoms with van der Waals surface area (Å²) in [5, 5.41) is 11.8. The van der Waals surface area contributed by atoms with Crippen LogP contribution in [0.1, 0.15) is 17.0 Å². The van der Waals surface area contributed by atoms with Crippen LogP contribution in [-0.4, -0.2) is 19.7 Å². The summed E-state index contributed by atoms with van der Waals surface area (Å²) in [5.41, 5.74) is 4.18. The molecule has 6 rings (SSSR count). The first kappa shape index (κ1) is 21.6. The van der Waals surface area contributed by atoms with Gasteiger partial charge in [-0.15, -0.1) is 10.2 Å². The highest BCUT2D eigenvalue weighted by Crippen LogP contribution is 2.31. The molecule has 0 amide bonds. The molecule has 0 bridgehead atoms. The van der Waals surface area contributed by atoms with Crippen LogP contribution >= 0.6 is 11.8 Å². The Morgan fingerprint density at radius 3 is 2.29 bits per heavy atom. The normalized spacial score (nSPS) is 11.5. The fourth-order valence-corrected chi connectivity index (χ4v) is 5.39. The molecule has 7 heteroatoms. The van der Waals surface area contributed by atoms with Crippen LogP contribution in [0.4, 0.5) is 8.78 Å². The number of fused-ring (bicyclic) bond motifs is 3. The first-order valence-electron chi connectivity index (χ1n) is 11.2. The Balaban J connectivity index is 1.40. The van der Waals surface area contributed by atoms with Crippen LogP contribution in [0.2, 0.25) is 0 Å². The van der Waals surface area contributed by atoms with Gasteiger partial charge in [0, 0.05) is 39.7 Å². The maximum absolute atomic E-state index is 14.2. The van der Waals surface area contributed by atoms with Crippen LogP contribution in [0, 0.1) is 11.6 Å². The number of rotatable bonds is 6. The third kappa shape index (κ3) is 3.98. The van der Waals surface area contributed by atoms with Gasteiger partial charge in [0.25, 0.3) is 0 Å². The number of para-hydroxylation sites is 3. The van der Waals surface area contributed by atoms with Gasteiger partial charge in [-0.2, -0.15) is 0 Å². The molecule has 0 aliphatic rings. The lowest BCUT2D eigenvalue weighted by molar-refractivity contribution is 0.566. The summed E-state index contributed by atoms with van der Waals surface area (Å²) in [5.74, 6) is -0.261. The minimum absolute atomic E-state index is 0.0319. The van der Waals surface area contributed by atoms with Gasteiger partial charge >= 0.3 is 0 Å². The highest BCUT2D eigenvalue weighted by Gasteiger charge is 2.18. The molecule has 0 aliphatic carbocycles. The molecule has 0 unspecified atom stereocenters. The standard InChI is InChI=1S/C28H20F2N4S/c29-23-13-7-14-24(30)22(23)17-35-28-33-32-26(34(28)19-9-2-1-3-10-19)16-18-8-6-12-21-20-11-4-5-15-25(20)31-27(18)21/h1-15,31H,16-17H2. The number of nitrogens with one attached hydrogen (secondary N) is 1. The van der Waals surface area contributed by atoms with E-state index in [4.69, 9.17) is 0 Å². The SMILES string of the molecule is Fc1cccc(F)c1CSc1nnc(Cc2cccc3c2[nH]c2ccccc23)n1-c1ccccc1. The molecular formula is C28H20F2N4S. The Bertz CT molecular complexity index is 1640. The van der Waals surface area contributed by atoms with Crippen LogP contribution < -0.4 is 0 Å². The maximum Gasteiger partial charge on any atom is 0.196 e. The second-order valence-corrected chi connectivity index (χ2v) is 9.19. The van der Waals surface area contributed by atoms with E-state index in [2.05, 4.69) is 45.5 Å². The van der Waals surface area contributed by atoms with Gasteiger partial charge in [-0.3, -0.25) is 4.57 Å². The lowest BCUT2D eigenvalue weighted by atomic mass is 10.1. The second-order valence-electron chi connectivity index (χ2n) is 8.25. The predicted molar refractivity (Wildman–Crippen MR) is 136 cm³/mol. The molecule has 2 aromatic heterocycles. The van der Waals surface area contributed by atoms with E-state index < -0.39 is 11.6 Å². The number of nitrogens with zero attached hydrogens (tertiary/aromatic N) is 3. The van der Waals surface area contributed by atoms with Crippen LogP contribution in [0.25, 0.3) is 27.5 Å². The van der Waals surface area contributed by atoms with Crippen molar-refractivity contribution in [1.29, 1.82) is 0 Å². The third-order valence-electron chi connectivity index (χ3n) is 6.10. The molecule has 2 heterocycles. The van der Waals surface area contributed by atoms with E-state index in [1.165, 1.54) is 35.3 Å². The molecule has 0 radical (unpaired) electrons. The summed E-state index contributed by atoms with van der Waals surface area (Å²) in [6, 6.07) is 28.2. The summed E-state index contributed by atoms with van der Waals surface area (Å²) in [6.45, 7) is 0. The first-order chi connectivity index (χ1) is 17.2. The quantitative estimate of drug-likeness (QED) is 0.259. The minimum atomic E-state index is -0.561. The van der Waals surface area contributed by atoms with Crippen molar-refractivity contribution >= 4 is 33.6 Å². The first-order valence-corrected chi connectivity index (χ1v) is 12.2. The average Bonchev–Trinajstić information content (AvgIpc) is 3.46. The van der Waals surface area contributed by atoms with Crippen molar-refractivity contribution in [2.75, 3.05) is 0 Å². The summed E-state index contributed by atoms with van der Waals surface area (Å²) in [6.07, 6.45) is 0.542. The van der Waals surface area contributed by atoms with Gasteiger partial charge in [-0.1, -0.05) is 72.4 Å². The average molecular weight is 483 g/mol. The number of aromatic nitrogens is 4. The van der Waals surface area contributed by atoms with Gasteiger partial charge in [0.1, 0.15) is 17.5 Å². The van der Waals surface area contributed by atoms with Gasteiger partial charge in [-0.25, -0.2) is 8.78 Å². The highest BCUT2D eigenvalue weighted by molar-refractivity contribution is 7.98. The third-order valence-corrected chi connectivity index (χ3v) is 7.05. The van der Waals surface area contributed by atoms with E-state index in [-0.39, 0.29) is 11.3 Å². The van der Waals surface area contributed by atoms with Gasteiger partial charge < -0.3 is 4.98 Å². The summed E-state index contributed by atoms with van der Waals surface area (Å²) in [7, 11) is 0. The summed E-state index contributed by atoms with van der Waals surface area (Å²) >= 11 is 1.26. The van der Waals surface area contributed by atoms with Gasteiger partial charge in [0.15, 0.2) is 5.16 Å². The van der Waals surface area contributed by atoms with E-state index in [9.17, 15) is 8.78 Å². The van der Waals surface area contributed by atoms with E-state index in [0.29, 0.717) is 11.6 Å². The predicted octanol–water partition coefficient (Wildman–Crippen LogP) is 7.06. The molecule has 35 heavy (non-hydrogen) atoms. The summed E-state index contributed by atoms with van der Waals surface area (Å²) in [4.78, 5) is 3.55. The molecule has 4 nitrogen and oxygen atoms in total. The van der Waals surface area contributed by atoms with E-state index in [1.54, 1.807) is 0 Å². The van der Waals surface area contributed by atoms with Crippen molar-refractivity contribution in [3.05, 3.63) is 120 Å². The Morgan fingerprint density at radius 1 is 0.743 bits per heavy atom. The minimum Gasteiger partial charge on any atom is -0.354 e. The molecule has 4 aromatic carbocycles. The van der Waals surface area contributed by atoms with Crippen molar-refractivity contribution in [3.63, 3.8) is 0 Å². The van der Waals surface area contributed by atoms with Crippen LogP contribution in [0.3, 0.4) is 0 Å². The number of hydrogen-bond acceptors (Lipinski definition) is 3. The Hall–Kier alpha value is -3.97. The number of hydrogen-bond donors (Lipinski definition) is 1. The largest absolute Gasteiger partial charge is 0.354 e. The highest BCUT2D eigenvalue weighted by atomic mass is 32.2. The molecule has 0 aliphatic heterocycles. The van der Waals surface area contributed by atoms with Crippen LogP contribution in [0.15, 0.2) is 96.2 Å². The van der Waals surface area contributed by atoms with Crippen LogP contribution in [0.5, 0.6) is 0 Å². The molecule has 1 N–H and O–H groups in total. The second kappa shape index (κ2) is 9.00. The van der Waals surface area contributed by atoms with Crippen molar-refractivity contribution in [2.45, 2.75) is 17.3 Å². The number of halogens is 2. The van der Waals surface area contributed by atoms with E-state index in [0.717, 1.165) is 33.5 Å². The fourth-order valence-electron chi connectivity index (χ4n) is 4.40. The van der Waals surface area contributed by atoms with Crippen molar-refractivity contribution in [2.24, 2.45) is 0 Å². The number of aromatic amines is 1. The molecular weight excluding hydrogens is 462 g/mol. The fraction of sp³-hybridized carbons (Fsp3) is 0.0714. The summed E-state index contributed by atoms with van der Waals surface area (Å²) < 4.78 is 30.4. The zero-order valence-electron chi connectivity index (χ0n) is 18.6. The molecule has 0 atom stereocenters. The van der Waals surface area contributed by atoms with Crippen molar-refractivity contribution in [3.8, 4) is 5.69 Å². The Morgan fingerprint density at radius 2 is 1.46 bits per heavy atom. The molecule has 0 fully saturated rings. The number of benzene rings is 4. The smallest absolute Gasteiger partial charge is 0.196 e.